The summed E-state index contributed by atoms with van der Waals surface area (Å²) in [4.78, 5) is 46.0. The Morgan fingerprint density at radius 2 is 1.46 bits per heavy atom. The summed E-state index contributed by atoms with van der Waals surface area (Å²) >= 11 is 0. The molecule has 1 aliphatic rings. The van der Waals surface area contributed by atoms with E-state index >= 15 is 0 Å². The highest BCUT2D eigenvalue weighted by molar-refractivity contribution is 6.11. The molecule has 0 aromatic carbocycles. The predicted molar refractivity (Wildman–Crippen MR) is 141 cm³/mol. The molecular formula is C27H43N3O7. The van der Waals surface area contributed by atoms with E-state index in [1.807, 2.05) is 11.8 Å². The number of rotatable bonds is 4. The normalized spacial score (nSPS) is 20.7. The van der Waals surface area contributed by atoms with Gasteiger partial charge in [-0.1, -0.05) is 6.92 Å². The van der Waals surface area contributed by atoms with Gasteiger partial charge in [0.2, 0.25) is 0 Å². The number of hydrogen-bond acceptors (Lipinski definition) is 9. The van der Waals surface area contributed by atoms with Gasteiger partial charge in [-0.15, -0.1) is 0 Å². The van der Waals surface area contributed by atoms with Crippen LogP contribution in [-0.4, -0.2) is 64.2 Å². The third-order valence-electron chi connectivity index (χ3n) is 5.39. The quantitative estimate of drug-likeness (QED) is 0.435. The molecule has 1 aromatic rings. The number of hydrogen-bond donors (Lipinski definition) is 1. The molecule has 10 heteroatoms. The van der Waals surface area contributed by atoms with Gasteiger partial charge in [0.15, 0.2) is 0 Å². The Hall–Kier alpha value is -2.88. The molecule has 0 unspecified atom stereocenters. The van der Waals surface area contributed by atoms with Crippen LogP contribution in [0.1, 0.15) is 75.7 Å². The summed E-state index contributed by atoms with van der Waals surface area (Å²) in [5, 5.41) is 10.9. The monoisotopic (exact) mass is 521 g/mol. The van der Waals surface area contributed by atoms with E-state index in [0.717, 1.165) is 4.90 Å². The summed E-state index contributed by atoms with van der Waals surface area (Å²) in [5.74, 6) is -1.01. The number of aromatic nitrogens is 1. The Kier molecular flexibility index (Phi) is 9.22. The molecule has 0 spiro atoms. The molecule has 3 atom stereocenters. The summed E-state index contributed by atoms with van der Waals surface area (Å²) in [6.07, 6.45) is 0.475. The minimum absolute atomic E-state index is 0.0293. The smallest absolute Gasteiger partial charge is 0.424 e. The Bertz CT molecular complexity index is 947. The molecule has 1 aliphatic heterocycles. The van der Waals surface area contributed by atoms with Crippen molar-refractivity contribution in [1.29, 1.82) is 0 Å². The van der Waals surface area contributed by atoms with Crippen molar-refractivity contribution >= 4 is 29.5 Å². The van der Waals surface area contributed by atoms with E-state index in [0.29, 0.717) is 18.8 Å². The lowest BCUT2D eigenvalue weighted by Crippen LogP contribution is -2.50. The van der Waals surface area contributed by atoms with Crippen molar-refractivity contribution in [1.82, 2.24) is 4.98 Å². The largest absolute Gasteiger partial charge is 0.460 e. The number of esters is 1. The predicted octanol–water partition coefficient (Wildman–Crippen LogP) is 4.92. The van der Waals surface area contributed by atoms with E-state index in [-0.39, 0.29) is 18.0 Å². The lowest BCUT2D eigenvalue weighted by atomic mass is 9.84. The maximum Gasteiger partial charge on any atom is 0.424 e. The SMILES string of the molecule is C[C@H]1CN(c2ccncc2N(C(=O)OC(C)(C)C)C(=O)OC(C)(C)C)C[C@@H](CC(=O)OC(C)(C)C)[C@@H]1O. The van der Waals surface area contributed by atoms with E-state index in [9.17, 15) is 19.5 Å². The van der Waals surface area contributed by atoms with Gasteiger partial charge in [0.1, 0.15) is 22.5 Å². The molecule has 0 saturated carbocycles. The summed E-state index contributed by atoms with van der Waals surface area (Å²) in [6, 6.07) is 1.69. The summed E-state index contributed by atoms with van der Waals surface area (Å²) in [5.41, 5.74) is -1.64. The fraction of sp³-hybridized carbons (Fsp3) is 0.704. The highest BCUT2D eigenvalue weighted by Crippen LogP contribution is 2.36. The van der Waals surface area contributed by atoms with Gasteiger partial charge in [-0.2, -0.15) is 4.90 Å². The van der Waals surface area contributed by atoms with Crippen LogP contribution in [0.25, 0.3) is 0 Å². The Labute approximate surface area is 220 Å². The summed E-state index contributed by atoms with van der Waals surface area (Å²) in [7, 11) is 0. The molecule has 1 aromatic heterocycles. The van der Waals surface area contributed by atoms with Crippen LogP contribution in [-0.2, 0) is 19.0 Å². The molecule has 2 amide bonds. The van der Waals surface area contributed by atoms with Crippen LogP contribution in [0.15, 0.2) is 18.5 Å². The average molecular weight is 522 g/mol. The zero-order valence-corrected chi connectivity index (χ0v) is 23.8. The van der Waals surface area contributed by atoms with Crippen molar-refractivity contribution in [3.8, 4) is 0 Å². The van der Waals surface area contributed by atoms with E-state index in [2.05, 4.69) is 4.98 Å². The van der Waals surface area contributed by atoms with Gasteiger partial charge in [-0.3, -0.25) is 9.78 Å². The number of pyridine rings is 1. The number of piperidine rings is 1. The molecule has 37 heavy (non-hydrogen) atoms. The van der Waals surface area contributed by atoms with Crippen LogP contribution in [0.5, 0.6) is 0 Å². The average Bonchev–Trinajstić information content (AvgIpc) is 2.67. The van der Waals surface area contributed by atoms with Gasteiger partial charge in [0.05, 0.1) is 24.4 Å². The third-order valence-corrected chi connectivity index (χ3v) is 5.39. The minimum Gasteiger partial charge on any atom is -0.460 e. The van der Waals surface area contributed by atoms with Crippen molar-refractivity contribution < 1.29 is 33.7 Å². The molecule has 1 fully saturated rings. The number of imide groups is 1. The number of aliphatic hydroxyl groups excluding tert-OH is 1. The van der Waals surface area contributed by atoms with Gasteiger partial charge in [0.25, 0.3) is 0 Å². The zero-order chi connectivity index (χ0) is 28.3. The molecule has 2 heterocycles. The molecule has 1 N–H and O–H groups in total. The second-order valence-electron chi connectivity index (χ2n) is 12.6. The van der Waals surface area contributed by atoms with E-state index in [1.165, 1.54) is 6.20 Å². The maximum atomic E-state index is 13.2. The van der Waals surface area contributed by atoms with Gasteiger partial charge in [-0.25, -0.2) is 9.59 Å². The number of aliphatic hydroxyl groups is 1. The van der Waals surface area contributed by atoms with E-state index in [1.54, 1.807) is 74.6 Å². The highest BCUT2D eigenvalue weighted by atomic mass is 16.6. The summed E-state index contributed by atoms with van der Waals surface area (Å²) in [6.45, 7) is 18.2. The first kappa shape index (κ1) is 30.3. The van der Waals surface area contributed by atoms with Crippen LogP contribution in [0, 0.1) is 11.8 Å². The highest BCUT2D eigenvalue weighted by Gasteiger charge is 2.39. The van der Waals surface area contributed by atoms with Crippen LogP contribution in [0.2, 0.25) is 0 Å². The second-order valence-corrected chi connectivity index (χ2v) is 12.6. The lowest BCUT2D eigenvalue weighted by molar-refractivity contribution is -0.157. The third kappa shape index (κ3) is 9.18. The van der Waals surface area contributed by atoms with Crippen LogP contribution in [0.4, 0.5) is 21.0 Å². The lowest BCUT2D eigenvalue weighted by Gasteiger charge is -2.42. The number of carbonyl (C=O) groups is 3. The molecule has 0 radical (unpaired) electrons. The second kappa shape index (κ2) is 11.2. The number of nitrogens with zero attached hydrogens (tertiary/aromatic N) is 3. The first-order valence-corrected chi connectivity index (χ1v) is 12.6. The van der Waals surface area contributed by atoms with Crippen molar-refractivity contribution in [2.24, 2.45) is 11.8 Å². The molecule has 0 bridgehead atoms. The van der Waals surface area contributed by atoms with Gasteiger partial charge >= 0.3 is 18.2 Å². The molecule has 1 saturated heterocycles. The van der Waals surface area contributed by atoms with Crippen molar-refractivity contribution in [3.05, 3.63) is 18.5 Å². The number of amides is 2. The van der Waals surface area contributed by atoms with Gasteiger partial charge in [-0.05, 0) is 74.3 Å². The molecular weight excluding hydrogens is 478 g/mol. The van der Waals surface area contributed by atoms with Crippen molar-refractivity contribution in [2.45, 2.75) is 98.6 Å². The fourth-order valence-corrected chi connectivity index (χ4v) is 4.07. The Balaban J connectivity index is 2.45. The molecule has 10 nitrogen and oxygen atoms in total. The molecule has 208 valence electrons. The number of ether oxygens (including phenoxy) is 3. The van der Waals surface area contributed by atoms with Gasteiger partial charge in [0, 0.05) is 25.2 Å². The fourth-order valence-electron chi connectivity index (χ4n) is 4.07. The first-order chi connectivity index (χ1) is 16.8. The topological polar surface area (TPSA) is 118 Å². The zero-order valence-electron chi connectivity index (χ0n) is 23.8. The standard InChI is InChI=1S/C27H43N3O7/c1-17-15-29(16-18(22(17)32)13-21(31)35-25(2,3)4)19-11-12-28-14-20(19)30(23(33)36-26(5,6)7)24(34)37-27(8,9)10/h11-12,14,17-18,22,32H,13,15-16H2,1-10H3/t17-,18+,22+/m0/s1. The first-order valence-electron chi connectivity index (χ1n) is 12.6. The maximum absolute atomic E-state index is 13.2. The van der Waals surface area contributed by atoms with Crippen molar-refractivity contribution in [3.63, 3.8) is 0 Å². The van der Waals surface area contributed by atoms with Crippen LogP contribution < -0.4 is 9.80 Å². The Morgan fingerprint density at radius 1 is 0.946 bits per heavy atom. The van der Waals surface area contributed by atoms with Crippen molar-refractivity contribution in [2.75, 3.05) is 22.9 Å². The minimum atomic E-state index is -0.897. The number of anilines is 2. The number of carbonyl (C=O) groups excluding carboxylic acids is 3. The molecule has 2 rings (SSSR count). The van der Waals surface area contributed by atoms with E-state index in [4.69, 9.17) is 14.2 Å². The van der Waals surface area contributed by atoms with Gasteiger partial charge < -0.3 is 24.2 Å². The van der Waals surface area contributed by atoms with Crippen LogP contribution >= 0.6 is 0 Å². The molecule has 0 aliphatic carbocycles. The Morgan fingerprint density at radius 3 is 1.95 bits per heavy atom. The van der Waals surface area contributed by atoms with E-state index < -0.39 is 47.0 Å². The van der Waals surface area contributed by atoms with Crippen LogP contribution in [0.3, 0.4) is 0 Å². The summed E-state index contributed by atoms with van der Waals surface area (Å²) < 4.78 is 16.5.